The summed E-state index contributed by atoms with van der Waals surface area (Å²) >= 11 is 12.9. The van der Waals surface area contributed by atoms with E-state index >= 15 is 0 Å². The highest BCUT2D eigenvalue weighted by atomic mass is 35.5. The highest BCUT2D eigenvalue weighted by Crippen LogP contribution is 2.30. The number of nitrogens with zero attached hydrogens (tertiary/aromatic N) is 2. The van der Waals surface area contributed by atoms with Crippen LogP contribution in [0.5, 0.6) is 11.5 Å². The van der Waals surface area contributed by atoms with Crippen LogP contribution in [-0.4, -0.2) is 29.7 Å². The number of methoxy groups -OCH3 is 2. The molecule has 0 spiro atoms. The van der Waals surface area contributed by atoms with Gasteiger partial charge < -0.3 is 19.4 Å². The van der Waals surface area contributed by atoms with Crippen LogP contribution in [0.25, 0.3) is 11.0 Å². The summed E-state index contributed by atoms with van der Waals surface area (Å²) in [5.41, 5.74) is 3.40. The van der Waals surface area contributed by atoms with E-state index in [1.54, 1.807) is 26.4 Å². The Labute approximate surface area is 208 Å². The lowest BCUT2D eigenvalue weighted by Gasteiger charge is -2.18. The minimum absolute atomic E-state index is 0.130. The van der Waals surface area contributed by atoms with Crippen molar-refractivity contribution in [1.82, 2.24) is 14.9 Å². The van der Waals surface area contributed by atoms with Crippen molar-refractivity contribution in [3.8, 4) is 11.5 Å². The van der Waals surface area contributed by atoms with Gasteiger partial charge in [-0.1, -0.05) is 47.5 Å². The lowest BCUT2D eigenvalue weighted by molar-refractivity contribution is -0.121. The molecule has 3 aromatic carbocycles. The van der Waals surface area contributed by atoms with Crippen LogP contribution >= 0.6 is 23.2 Å². The Bertz CT molecular complexity index is 1320. The summed E-state index contributed by atoms with van der Waals surface area (Å²) in [6.07, 6.45) is 0.196. The van der Waals surface area contributed by atoms with E-state index in [0.29, 0.717) is 28.1 Å². The molecule has 1 atom stereocenters. The normalized spacial score (nSPS) is 11.9. The number of rotatable bonds is 8. The van der Waals surface area contributed by atoms with Gasteiger partial charge in [0.15, 0.2) is 11.5 Å². The van der Waals surface area contributed by atoms with Crippen molar-refractivity contribution in [3.05, 3.63) is 87.7 Å². The van der Waals surface area contributed by atoms with E-state index in [2.05, 4.69) is 5.32 Å². The van der Waals surface area contributed by atoms with Gasteiger partial charge in [0.2, 0.25) is 5.91 Å². The number of carbonyl (C=O) groups is 1. The molecule has 0 aliphatic carbocycles. The summed E-state index contributed by atoms with van der Waals surface area (Å²) in [5, 5.41) is 4.24. The molecular weight excluding hydrogens is 473 g/mol. The number of aromatic nitrogens is 2. The Kier molecular flexibility index (Phi) is 7.29. The zero-order valence-corrected chi connectivity index (χ0v) is 20.7. The molecule has 0 saturated carbocycles. The lowest BCUT2D eigenvalue weighted by atomic mass is 10.1. The molecule has 4 rings (SSSR count). The highest BCUT2D eigenvalue weighted by molar-refractivity contribution is 6.36. The summed E-state index contributed by atoms with van der Waals surface area (Å²) in [5.74, 6) is 1.79. The second-order valence-electron chi connectivity index (χ2n) is 7.90. The molecule has 6 nitrogen and oxygen atoms in total. The van der Waals surface area contributed by atoms with Gasteiger partial charge in [-0.05, 0) is 48.9 Å². The van der Waals surface area contributed by atoms with Crippen LogP contribution in [0.3, 0.4) is 0 Å². The molecule has 1 N–H and O–H groups in total. The second-order valence-corrected chi connectivity index (χ2v) is 8.71. The van der Waals surface area contributed by atoms with Crippen LogP contribution in [0.1, 0.15) is 29.9 Å². The van der Waals surface area contributed by atoms with Gasteiger partial charge in [-0.2, -0.15) is 0 Å². The van der Waals surface area contributed by atoms with E-state index in [0.717, 1.165) is 28.0 Å². The van der Waals surface area contributed by atoms with E-state index < -0.39 is 0 Å². The molecule has 0 aliphatic heterocycles. The van der Waals surface area contributed by atoms with Gasteiger partial charge in [0, 0.05) is 15.6 Å². The number of ether oxygens (including phenoxy) is 2. The molecule has 8 heteroatoms. The SMILES string of the molecule is COc1ccc(CC(=O)NC(C)c2nc3ccccc3n2Cc2c(Cl)cccc2Cl)cc1OC. The summed E-state index contributed by atoms with van der Waals surface area (Å²) in [4.78, 5) is 17.7. The number of hydrogen-bond donors (Lipinski definition) is 1. The number of amides is 1. The van der Waals surface area contributed by atoms with Crippen molar-refractivity contribution < 1.29 is 14.3 Å². The molecule has 1 amide bonds. The molecule has 0 saturated heterocycles. The van der Waals surface area contributed by atoms with Crippen molar-refractivity contribution in [2.24, 2.45) is 0 Å². The fourth-order valence-corrected chi connectivity index (χ4v) is 4.48. The van der Waals surface area contributed by atoms with Crippen LogP contribution in [0.15, 0.2) is 60.7 Å². The molecule has 1 aromatic heterocycles. The first kappa shape index (κ1) is 23.9. The Balaban J connectivity index is 1.59. The standard InChI is InChI=1S/C26H25Cl2N3O3/c1-16(29-25(32)14-17-11-12-23(33-2)24(13-17)34-3)26-30-21-9-4-5-10-22(21)31(26)15-18-19(27)7-6-8-20(18)28/h4-13,16H,14-15H2,1-3H3,(H,29,32). The number of benzene rings is 3. The van der Waals surface area contributed by atoms with Crippen molar-refractivity contribution in [2.45, 2.75) is 25.9 Å². The Morgan fingerprint density at radius 2 is 1.71 bits per heavy atom. The minimum Gasteiger partial charge on any atom is -0.493 e. The van der Waals surface area contributed by atoms with Crippen LogP contribution in [0.2, 0.25) is 10.0 Å². The Morgan fingerprint density at radius 3 is 2.41 bits per heavy atom. The molecule has 0 fully saturated rings. The van der Waals surface area contributed by atoms with E-state index in [1.807, 2.05) is 60.0 Å². The molecule has 1 unspecified atom stereocenters. The lowest BCUT2D eigenvalue weighted by Crippen LogP contribution is -2.30. The van der Waals surface area contributed by atoms with Crippen molar-refractivity contribution in [3.63, 3.8) is 0 Å². The quantitative estimate of drug-likeness (QED) is 0.332. The maximum Gasteiger partial charge on any atom is 0.224 e. The van der Waals surface area contributed by atoms with Crippen molar-refractivity contribution in [1.29, 1.82) is 0 Å². The topological polar surface area (TPSA) is 65.4 Å². The highest BCUT2D eigenvalue weighted by Gasteiger charge is 2.20. The van der Waals surface area contributed by atoms with Crippen LogP contribution in [0.4, 0.5) is 0 Å². The Morgan fingerprint density at radius 1 is 1.00 bits per heavy atom. The molecule has 4 aromatic rings. The maximum atomic E-state index is 12.9. The smallest absolute Gasteiger partial charge is 0.224 e. The van der Waals surface area contributed by atoms with E-state index in [9.17, 15) is 4.79 Å². The van der Waals surface area contributed by atoms with Crippen molar-refractivity contribution >= 4 is 40.1 Å². The van der Waals surface area contributed by atoms with Gasteiger partial charge >= 0.3 is 0 Å². The number of carbonyl (C=O) groups excluding carboxylic acids is 1. The third-order valence-corrected chi connectivity index (χ3v) is 6.35. The first-order valence-corrected chi connectivity index (χ1v) is 11.5. The second kappa shape index (κ2) is 10.4. The van der Waals surface area contributed by atoms with Crippen LogP contribution < -0.4 is 14.8 Å². The number of halogens is 2. The van der Waals surface area contributed by atoms with Gasteiger partial charge in [0.1, 0.15) is 5.82 Å². The summed E-state index contributed by atoms with van der Waals surface area (Å²) in [7, 11) is 3.15. The monoisotopic (exact) mass is 497 g/mol. The number of fused-ring (bicyclic) bond motifs is 1. The predicted molar refractivity (Wildman–Crippen MR) is 135 cm³/mol. The average Bonchev–Trinajstić information content (AvgIpc) is 3.20. The number of nitrogens with one attached hydrogen (secondary N) is 1. The summed E-state index contributed by atoms with van der Waals surface area (Å²) in [6.45, 7) is 2.35. The van der Waals surface area contributed by atoms with Gasteiger partial charge in [-0.25, -0.2) is 4.98 Å². The molecule has 0 aliphatic rings. The molecule has 34 heavy (non-hydrogen) atoms. The number of para-hydroxylation sites is 2. The van der Waals surface area contributed by atoms with Crippen molar-refractivity contribution in [2.75, 3.05) is 14.2 Å². The third-order valence-electron chi connectivity index (χ3n) is 5.64. The van der Waals surface area contributed by atoms with E-state index in [-0.39, 0.29) is 18.4 Å². The van der Waals surface area contributed by atoms with E-state index in [4.69, 9.17) is 37.7 Å². The maximum absolute atomic E-state index is 12.9. The van der Waals surface area contributed by atoms with E-state index in [1.165, 1.54) is 0 Å². The molecule has 176 valence electrons. The van der Waals surface area contributed by atoms with Gasteiger partial charge in [-0.15, -0.1) is 0 Å². The molecule has 0 bridgehead atoms. The third kappa shape index (κ3) is 4.98. The molecular formula is C26H25Cl2N3O3. The van der Waals surface area contributed by atoms with Crippen LogP contribution in [0, 0.1) is 0 Å². The Hall–Kier alpha value is -3.22. The zero-order chi connectivity index (χ0) is 24.2. The summed E-state index contributed by atoms with van der Waals surface area (Å²) < 4.78 is 12.7. The molecule has 1 heterocycles. The molecule has 0 radical (unpaired) electrons. The largest absolute Gasteiger partial charge is 0.493 e. The zero-order valence-electron chi connectivity index (χ0n) is 19.1. The average molecular weight is 498 g/mol. The predicted octanol–water partition coefficient (Wildman–Crippen LogP) is 5.83. The first-order chi connectivity index (χ1) is 16.4. The summed E-state index contributed by atoms with van der Waals surface area (Å²) in [6, 6.07) is 18.4. The fraction of sp³-hybridized carbons (Fsp3) is 0.231. The van der Waals surface area contributed by atoms with Gasteiger partial charge in [0.25, 0.3) is 0 Å². The number of hydrogen-bond acceptors (Lipinski definition) is 4. The number of imidazole rings is 1. The van der Waals surface area contributed by atoms with Crippen LogP contribution in [-0.2, 0) is 17.8 Å². The van der Waals surface area contributed by atoms with Gasteiger partial charge in [-0.3, -0.25) is 4.79 Å². The fourth-order valence-electron chi connectivity index (χ4n) is 3.97. The van der Waals surface area contributed by atoms with Gasteiger partial charge in [0.05, 0.1) is 44.3 Å². The minimum atomic E-state index is -0.346. The first-order valence-electron chi connectivity index (χ1n) is 10.8.